The lowest BCUT2D eigenvalue weighted by Crippen LogP contribution is -2.20. The van der Waals surface area contributed by atoms with Crippen LogP contribution in [-0.2, 0) is 28.3 Å². The van der Waals surface area contributed by atoms with Gasteiger partial charge in [0.1, 0.15) is 0 Å². The number of carbonyl (C=O) groups excluding carboxylic acids is 1. The van der Waals surface area contributed by atoms with Crippen LogP contribution < -0.4 is 0 Å². The molecule has 0 saturated heterocycles. The van der Waals surface area contributed by atoms with E-state index < -0.39 is 5.60 Å². The van der Waals surface area contributed by atoms with Crippen molar-refractivity contribution in [1.82, 2.24) is 0 Å². The zero-order chi connectivity index (χ0) is 20.0. The lowest BCUT2D eigenvalue weighted by molar-refractivity contribution is 0.0240. The van der Waals surface area contributed by atoms with Gasteiger partial charge in [0.25, 0.3) is 0 Å². The highest BCUT2D eigenvalue weighted by Gasteiger charge is 2.46. The number of carbonyl (C=O) groups is 1. The summed E-state index contributed by atoms with van der Waals surface area (Å²) in [6.07, 6.45) is 0. The van der Waals surface area contributed by atoms with Crippen LogP contribution in [-0.4, -0.2) is 5.97 Å². The van der Waals surface area contributed by atoms with Gasteiger partial charge in [-0.15, -0.1) is 0 Å². The Morgan fingerprint density at radius 1 is 0.897 bits per heavy atom. The SMILES string of the molecule is Cc1c2c(c3c(c1-c1ccccc1)[C@](C)(C#Cc1ccccc1)OC3=O)COC2. The van der Waals surface area contributed by atoms with Crippen molar-refractivity contribution in [3.8, 4) is 23.0 Å². The predicted octanol–water partition coefficient (Wildman–Crippen LogP) is 5.13. The molecule has 0 saturated carbocycles. The second-order valence-electron chi connectivity index (χ2n) is 7.60. The fraction of sp³-hybridized carbons (Fsp3) is 0.192. The molecular formula is C26H20O3. The maximum Gasteiger partial charge on any atom is 0.340 e. The van der Waals surface area contributed by atoms with E-state index in [9.17, 15) is 4.79 Å². The average molecular weight is 380 g/mol. The minimum Gasteiger partial charge on any atom is -0.438 e. The molecule has 29 heavy (non-hydrogen) atoms. The zero-order valence-electron chi connectivity index (χ0n) is 16.4. The number of fused-ring (bicyclic) bond motifs is 3. The molecule has 3 aromatic carbocycles. The van der Waals surface area contributed by atoms with E-state index in [0.29, 0.717) is 18.8 Å². The minimum absolute atomic E-state index is 0.316. The van der Waals surface area contributed by atoms with Crippen molar-refractivity contribution < 1.29 is 14.3 Å². The Hall–Kier alpha value is -3.35. The summed E-state index contributed by atoms with van der Waals surface area (Å²) >= 11 is 0. The van der Waals surface area contributed by atoms with Crippen LogP contribution in [0.2, 0.25) is 0 Å². The summed E-state index contributed by atoms with van der Waals surface area (Å²) in [5.41, 5.74) is 6.63. The summed E-state index contributed by atoms with van der Waals surface area (Å²) in [5.74, 6) is 6.14. The van der Waals surface area contributed by atoms with Crippen LogP contribution in [0.4, 0.5) is 0 Å². The van der Waals surface area contributed by atoms with E-state index in [0.717, 1.165) is 38.9 Å². The first-order chi connectivity index (χ1) is 14.1. The first-order valence-corrected chi connectivity index (χ1v) is 9.72. The topological polar surface area (TPSA) is 35.5 Å². The van der Waals surface area contributed by atoms with Crippen LogP contribution in [0.25, 0.3) is 11.1 Å². The van der Waals surface area contributed by atoms with Gasteiger partial charge in [0.2, 0.25) is 0 Å². The summed E-state index contributed by atoms with van der Waals surface area (Å²) < 4.78 is 11.6. The Morgan fingerprint density at radius 3 is 2.28 bits per heavy atom. The van der Waals surface area contributed by atoms with E-state index >= 15 is 0 Å². The molecule has 3 nitrogen and oxygen atoms in total. The summed E-state index contributed by atoms with van der Waals surface area (Å²) in [6.45, 7) is 4.95. The Morgan fingerprint density at radius 2 is 1.55 bits per heavy atom. The van der Waals surface area contributed by atoms with Crippen molar-refractivity contribution in [2.24, 2.45) is 0 Å². The number of cyclic esters (lactones) is 1. The fourth-order valence-electron chi connectivity index (χ4n) is 4.36. The van der Waals surface area contributed by atoms with E-state index in [1.54, 1.807) is 0 Å². The van der Waals surface area contributed by atoms with E-state index in [4.69, 9.17) is 9.47 Å². The Balaban J connectivity index is 1.80. The molecule has 0 fully saturated rings. The lowest BCUT2D eigenvalue weighted by Gasteiger charge is -2.23. The monoisotopic (exact) mass is 380 g/mol. The molecule has 5 rings (SSSR count). The maximum atomic E-state index is 13.0. The highest BCUT2D eigenvalue weighted by molar-refractivity contribution is 6.01. The molecular weight excluding hydrogens is 360 g/mol. The van der Waals surface area contributed by atoms with Crippen molar-refractivity contribution >= 4 is 5.97 Å². The van der Waals surface area contributed by atoms with E-state index in [1.807, 2.05) is 55.5 Å². The number of hydrogen-bond donors (Lipinski definition) is 0. The Labute approximate surface area is 170 Å². The van der Waals surface area contributed by atoms with Gasteiger partial charge in [-0.2, -0.15) is 0 Å². The molecule has 142 valence electrons. The van der Waals surface area contributed by atoms with Gasteiger partial charge in [-0.3, -0.25) is 0 Å². The van der Waals surface area contributed by atoms with Crippen molar-refractivity contribution in [1.29, 1.82) is 0 Å². The summed E-state index contributed by atoms with van der Waals surface area (Å²) in [5, 5.41) is 0. The van der Waals surface area contributed by atoms with Gasteiger partial charge < -0.3 is 9.47 Å². The van der Waals surface area contributed by atoms with Crippen molar-refractivity contribution in [2.75, 3.05) is 0 Å². The summed E-state index contributed by atoms with van der Waals surface area (Å²) in [6, 6.07) is 19.9. The van der Waals surface area contributed by atoms with Gasteiger partial charge in [-0.05, 0) is 59.7 Å². The molecule has 0 unspecified atom stereocenters. The molecule has 0 amide bonds. The zero-order valence-corrected chi connectivity index (χ0v) is 16.4. The molecule has 1 atom stereocenters. The highest BCUT2D eigenvalue weighted by atomic mass is 16.6. The quantitative estimate of drug-likeness (QED) is 0.434. The third-order valence-corrected chi connectivity index (χ3v) is 5.75. The number of rotatable bonds is 1. The van der Waals surface area contributed by atoms with Crippen LogP contribution in [0.3, 0.4) is 0 Å². The van der Waals surface area contributed by atoms with Crippen LogP contribution >= 0.6 is 0 Å². The lowest BCUT2D eigenvalue weighted by atomic mass is 9.80. The Bertz CT molecular complexity index is 1180. The van der Waals surface area contributed by atoms with Crippen molar-refractivity contribution in [3.63, 3.8) is 0 Å². The van der Waals surface area contributed by atoms with Gasteiger partial charge in [-0.25, -0.2) is 4.79 Å². The number of esters is 1. The fourth-order valence-corrected chi connectivity index (χ4v) is 4.36. The molecule has 0 spiro atoms. The molecule has 3 aromatic rings. The molecule has 3 heteroatoms. The number of hydrogen-bond acceptors (Lipinski definition) is 3. The van der Waals surface area contributed by atoms with E-state index in [-0.39, 0.29) is 5.97 Å². The third-order valence-electron chi connectivity index (χ3n) is 5.75. The second-order valence-corrected chi connectivity index (χ2v) is 7.60. The van der Waals surface area contributed by atoms with E-state index in [1.165, 1.54) is 0 Å². The van der Waals surface area contributed by atoms with Crippen LogP contribution in [0.15, 0.2) is 60.7 Å². The van der Waals surface area contributed by atoms with E-state index in [2.05, 4.69) is 30.9 Å². The molecule has 0 aliphatic carbocycles. The van der Waals surface area contributed by atoms with Gasteiger partial charge in [0, 0.05) is 11.1 Å². The van der Waals surface area contributed by atoms with Crippen LogP contribution in [0, 0.1) is 18.8 Å². The first-order valence-electron chi connectivity index (χ1n) is 9.72. The molecule has 0 aromatic heterocycles. The minimum atomic E-state index is -1.02. The van der Waals surface area contributed by atoms with Gasteiger partial charge in [0.15, 0.2) is 5.60 Å². The van der Waals surface area contributed by atoms with Crippen LogP contribution in [0.5, 0.6) is 0 Å². The third kappa shape index (κ3) is 2.76. The summed E-state index contributed by atoms with van der Waals surface area (Å²) in [7, 11) is 0. The van der Waals surface area contributed by atoms with Gasteiger partial charge in [0.05, 0.1) is 18.8 Å². The predicted molar refractivity (Wildman–Crippen MR) is 111 cm³/mol. The van der Waals surface area contributed by atoms with Gasteiger partial charge >= 0.3 is 5.97 Å². The molecule has 0 bridgehead atoms. The number of benzene rings is 3. The standard InChI is InChI=1S/C26H20O3/c1-17-20-15-28-16-21(20)23-24(22(17)19-11-7-4-8-12-19)26(2,29-25(23)27)14-13-18-9-5-3-6-10-18/h3-12H,15-16H2,1-2H3/t26-/m0/s1. The molecule has 2 aliphatic heterocycles. The number of ether oxygens (including phenoxy) is 2. The van der Waals surface area contributed by atoms with Crippen molar-refractivity contribution in [2.45, 2.75) is 32.7 Å². The second kappa shape index (κ2) is 6.62. The largest absolute Gasteiger partial charge is 0.438 e. The van der Waals surface area contributed by atoms with Gasteiger partial charge in [-0.1, -0.05) is 54.5 Å². The molecule has 0 radical (unpaired) electrons. The summed E-state index contributed by atoms with van der Waals surface area (Å²) in [4.78, 5) is 13.0. The van der Waals surface area contributed by atoms with Crippen LogP contribution in [0.1, 0.15) is 45.1 Å². The molecule has 2 aliphatic rings. The highest BCUT2D eigenvalue weighted by Crippen LogP contribution is 2.48. The molecule has 0 N–H and O–H groups in total. The van der Waals surface area contributed by atoms with Crippen molar-refractivity contribution in [3.05, 3.63) is 94.0 Å². The first kappa shape index (κ1) is 17.7. The molecule has 2 heterocycles. The smallest absolute Gasteiger partial charge is 0.340 e. The Kier molecular flexibility index (Phi) is 4.04. The average Bonchev–Trinajstić information content (AvgIpc) is 3.32. The maximum absolute atomic E-state index is 13.0. The normalized spacial score (nSPS) is 19.2.